The highest BCUT2D eigenvalue weighted by atomic mass is 35.5. The first-order valence-corrected chi connectivity index (χ1v) is 11.5. The molecule has 1 aliphatic rings. The molecule has 0 unspecified atom stereocenters. The van der Waals surface area contributed by atoms with Crippen LogP contribution < -0.4 is 15.5 Å². The molecular weight excluding hydrogens is 440 g/mol. The van der Waals surface area contributed by atoms with Gasteiger partial charge in [0.1, 0.15) is 5.69 Å². The summed E-state index contributed by atoms with van der Waals surface area (Å²) >= 11 is 7.27. The number of carbonyl (C=O) groups is 2. The predicted molar refractivity (Wildman–Crippen MR) is 123 cm³/mol. The van der Waals surface area contributed by atoms with Gasteiger partial charge < -0.3 is 25.0 Å². The van der Waals surface area contributed by atoms with E-state index in [0.29, 0.717) is 42.4 Å². The van der Waals surface area contributed by atoms with Gasteiger partial charge in [0.05, 0.1) is 24.0 Å². The summed E-state index contributed by atoms with van der Waals surface area (Å²) in [5.41, 5.74) is 2.04. The van der Waals surface area contributed by atoms with E-state index in [9.17, 15) is 9.59 Å². The molecule has 8 nitrogen and oxygen atoms in total. The average Bonchev–Trinajstić information content (AvgIpc) is 3.44. The Morgan fingerprint density at radius 3 is 2.87 bits per heavy atom. The number of alkyl halides is 1. The third kappa shape index (κ3) is 6.16. The van der Waals surface area contributed by atoms with Crippen molar-refractivity contribution < 1.29 is 19.1 Å². The van der Waals surface area contributed by atoms with Crippen molar-refractivity contribution in [2.24, 2.45) is 0 Å². The largest absolute Gasteiger partial charge is 0.383 e. The van der Waals surface area contributed by atoms with Gasteiger partial charge in [-0.2, -0.15) is 0 Å². The van der Waals surface area contributed by atoms with E-state index in [4.69, 9.17) is 21.1 Å². The van der Waals surface area contributed by atoms with Gasteiger partial charge in [-0.3, -0.25) is 9.59 Å². The van der Waals surface area contributed by atoms with Gasteiger partial charge in [-0.25, -0.2) is 4.98 Å². The van der Waals surface area contributed by atoms with Crippen LogP contribution in [0.4, 0.5) is 10.8 Å². The Bertz CT molecular complexity index is 907. The fraction of sp³-hybridized carbons (Fsp3) is 0.476. The molecule has 2 amide bonds. The van der Waals surface area contributed by atoms with Gasteiger partial charge in [0.2, 0.25) is 0 Å². The minimum Gasteiger partial charge on any atom is -0.383 e. The highest BCUT2D eigenvalue weighted by Gasteiger charge is 2.25. The number of aryl methyl sites for hydroxylation is 1. The number of methoxy groups -OCH3 is 2. The maximum Gasteiger partial charge on any atom is 0.275 e. The second-order valence-electron chi connectivity index (χ2n) is 7.13. The number of amides is 2. The van der Waals surface area contributed by atoms with Gasteiger partial charge >= 0.3 is 0 Å². The number of nitrogens with one attached hydrogen (secondary N) is 2. The zero-order valence-corrected chi connectivity index (χ0v) is 19.2. The van der Waals surface area contributed by atoms with Gasteiger partial charge in [0.25, 0.3) is 11.8 Å². The van der Waals surface area contributed by atoms with E-state index in [1.54, 1.807) is 31.7 Å². The molecule has 31 heavy (non-hydrogen) atoms. The zero-order valence-electron chi connectivity index (χ0n) is 17.7. The average molecular weight is 467 g/mol. The minimum atomic E-state index is -0.360. The lowest BCUT2D eigenvalue weighted by Crippen LogP contribution is -2.28. The van der Waals surface area contributed by atoms with E-state index >= 15 is 0 Å². The van der Waals surface area contributed by atoms with Gasteiger partial charge in [-0.1, -0.05) is 6.07 Å². The van der Waals surface area contributed by atoms with E-state index in [1.165, 1.54) is 11.3 Å². The predicted octanol–water partition coefficient (Wildman–Crippen LogP) is 2.78. The van der Waals surface area contributed by atoms with Crippen LogP contribution in [0.25, 0.3) is 0 Å². The minimum absolute atomic E-state index is 0.187. The molecule has 2 N–H and O–H groups in total. The smallest absolute Gasteiger partial charge is 0.275 e. The third-order valence-electron chi connectivity index (χ3n) is 5.03. The Morgan fingerprint density at radius 2 is 2.16 bits per heavy atom. The molecule has 2 aromatic rings. The third-order valence-corrected chi connectivity index (χ3v) is 6.12. The van der Waals surface area contributed by atoms with Gasteiger partial charge in [-0.05, 0) is 30.5 Å². The Balaban J connectivity index is 1.73. The first kappa shape index (κ1) is 23.5. The van der Waals surface area contributed by atoms with Crippen LogP contribution in [-0.4, -0.2) is 69.2 Å². The van der Waals surface area contributed by atoms with Gasteiger partial charge in [-0.15, -0.1) is 22.9 Å². The van der Waals surface area contributed by atoms with Crippen molar-refractivity contribution in [2.75, 3.05) is 56.6 Å². The summed E-state index contributed by atoms with van der Waals surface area (Å²) in [6.45, 7) is 2.38. The number of halogens is 1. The van der Waals surface area contributed by atoms with Gasteiger partial charge in [0.15, 0.2) is 5.13 Å². The number of carbonyl (C=O) groups excluding carboxylic acids is 2. The highest BCUT2D eigenvalue weighted by molar-refractivity contribution is 7.14. The molecule has 0 aliphatic carbocycles. The van der Waals surface area contributed by atoms with Crippen LogP contribution >= 0.6 is 22.9 Å². The number of ether oxygens (including phenoxy) is 2. The fourth-order valence-electron chi connectivity index (χ4n) is 3.31. The van der Waals surface area contributed by atoms with Crippen molar-refractivity contribution in [2.45, 2.75) is 18.9 Å². The number of rotatable bonds is 10. The number of thiazole rings is 1. The molecule has 1 saturated heterocycles. The molecule has 1 aliphatic heterocycles. The van der Waals surface area contributed by atoms with Gasteiger partial charge in [0, 0.05) is 45.1 Å². The molecule has 0 bridgehead atoms. The lowest BCUT2D eigenvalue weighted by Gasteiger charge is -2.14. The highest BCUT2D eigenvalue weighted by Crippen LogP contribution is 2.26. The first-order valence-electron chi connectivity index (χ1n) is 10.1. The standard InChI is InChI=1S/C21H27ClN4O4S/c1-29-10-8-23-19(27)16-11-14(5-7-22)3-4-17(16)24-20(28)18-13-31-21(25-18)26-9-6-15(12-26)30-2/h3-4,11,13,15H,5-10,12H2,1-2H3,(H,23,27)(H,24,28)/t15-/m0/s1. The number of nitrogens with zero attached hydrogens (tertiary/aromatic N) is 2. The number of aromatic nitrogens is 1. The van der Waals surface area contributed by atoms with E-state index in [0.717, 1.165) is 30.2 Å². The van der Waals surface area contributed by atoms with Crippen molar-refractivity contribution in [1.29, 1.82) is 0 Å². The fourth-order valence-corrected chi connectivity index (χ4v) is 4.37. The maximum absolute atomic E-state index is 12.8. The lowest BCUT2D eigenvalue weighted by molar-refractivity contribution is 0.0938. The van der Waals surface area contributed by atoms with Crippen molar-refractivity contribution in [1.82, 2.24) is 10.3 Å². The summed E-state index contributed by atoms with van der Waals surface area (Å²) in [5.74, 6) is -0.204. The summed E-state index contributed by atoms with van der Waals surface area (Å²) in [7, 11) is 3.27. The van der Waals surface area contributed by atoms with E-state index in [2.05, 4.69) is 20.5 Å². The quantitative estimate of drug-likeness (QED) is 0.413. The summed E-state index contributed by atoms with van der Waals surface area (Å²) < 4.78 is 10.4. The second-order valence-corrected chi connectivity index (χ2v) is 8.34. The Hall–Kier alpha value is -2.20. The van der Waals surface area contributed by atoms with Crippen molar-refractivity contribution in [3.63, 3.8) is 0 Å². The van der Waals surface area contributed by atoms with Crippen LogP contribution in [0.15, 0.2) is 23.6 Å². The first-order chi connectivity index (χ1) is 15.0. The monoisotopic (exact) mass is 466 g/mol. The SMILES string of the molecule is COCCNC(=O)c1cc(CCCl)ccc1NC(=O)c1csc(N2CC[C@H](OC)C2)n1. The number of anilines is 2. The topological polar surface area (TPSA) is 92.8 Å². The molecular formula is C21H27ClN4O4S. The van der Waals surface area contributed by atoms with E-state index in [-0.39, 0.29) is 17.9 Å². The molecule has 10 heteroatoms. The molecule has 3 rings (SSSR count). The summed E-state index contributed by atoms with van der Waals surface area (Å²) in [4.78, 5) is 32.1. The second kappa shape index (κ2) is 11.4. The summed E-state index contributed by atoms with van der Waals surface area (Å²) in [6, 6.07) is 5.33. The van der Waals surface area contributed by atoms with Crippen LogP contribution in [0.3, 0.4) is 0 Å². The number of hydrogen-bond donors (Lipinski definition) is 2. The van der Waals surface area contributed by atoms with Crippen LogP contribution in [0.2, 0.25) is 0 Å². The molecule has 168 valence electrons. The summed E-state index contributed by atoms with van der Waals surface area (Å²) in [5, 5.41) is 8.14. The molecule has 1 atom stereocenters. The zero-order chi connectivity index (χ0) is 22.2. The van der Waals surface area contributed by atoms with Crippen molar-refractivity contribution in [3.8, 4) is 0 Å². The number of benzene rings is 1. The number of hydrogen-bond acceptors (Lipinski definition) is 7. The molecule has 0 saturated carbocycles. The van der Waals surface area contributed by atoms with Crippen LogP contribution in [-0.2, 0) is 15.9 Å². The molecule has 0 radical (unpaired) electrons. The molecule has 1 fully saturated rings. The Kier molecular flexibility index (Phi) is 8.65. The summed E-state index contributed by atoms with van der Waals surface area (Å²) in [6.07, 6.45) is 1.75. The lowest BCUT2D eigenvalue weighted by atomic mass is 10.1. The molecule has 1 aromatic carbocycles. The maximum atomic E-state index is 12.8. The van der Waals surface area contributed by atoms with Crippen molar-refractivity contribution in [3.05, 3.63) is 40.4 Å². The molecule has 2 heterocycles. The van der Waals surface area contributed by atoms with E-state index < -0.39 is 0 Å². The van der Waals surface area contributed by atoms with Crippen LogP contribution in [0.5, 0.6) is 0 Å². The molecule has 0 spiro atoms. The normalized spacial score (nSPS) is 15.8. The van der Waals surface area contributed by atoms with E-state index in [1.807, 2.05) is 6.07 Å². The Morgan fingerprint density at radius 1 is 1.32 bits per heavy atom. The molecule has 1 aromatic heterocycles. The van der Waals surface area contributed by atoms with Crippen molar-refractivity contribution >= 4 is 45.6 Å². The van der Waals surface area contributed by atoms with Crippen LogP contribution in [0, 0.1) is 0 Å². The Labute approximate surface area is 190 Å². The van der Waals surface area contributed by atoms with Crippen LogP contribution in [0.1, 0.15) is 32.8 Å².